The molecule has 1 aliphatic carbocycles. The molecule has 2 aromatic carbocycles. The normalized spacial score (nSPS) is 24.7. The molecule has 1 aliphatic heterocycles. The van der Waals surface area contributed by atoms with Crippen LogP contribution in [0, 0.1) is 19.6 Å². The molecular formula is C18H15IN2O2. The van der Waals surface area contributed by atoms with Crippen LogP contribution < -0.4 is 5.32 Å². The minimum atomic E-state index is -0.352. The molecule has 4 nitrogen and oxygen atoms in total. The van der Waals surface area contributed by atoms with Crippen LogP contribution in [0.25, 0.3) is 0 Å². The number of hydrogen-bond donors (Lipinski definition) is 1. The highest BCUT2D eigenvalue weighted by Gasteiger charge is 2.37. The van der Waals surface area contributed by atoms with Gasteiger partial charge in [-0.25, -0.2) is 0 Å². The molecule has 116 valence electrons. The largest absolute Gasteiger partial charge is 0.378 e. The molecule has 0 fully saturated rings. The van der Waals surface area contributed by atoms with Crippen molar-refractivity contribution >= 4 is 34.0 Å². The van der Waals surface area contributed by atoms with Gasteiger partial charge in [-0.2, -0.15) is 0 Å². The summed E-state index contributed by atoms with van der Waals surface area (Å²) < 4.78 is 1.25. The highest BCUT2D eigenvalue weighted by atomic mass is 127. The van der Waals surface area contributed by atoms with Crippen molar-refractivity contribution in [1.82, 2.24) is 0 Å². The second-order valence-corrected chi connectivity index (χ2v) is 7.30. The summed E-state index contributed by atoms with van der Waals surface area (Å²) in [5.41, 5.74) is 3.77. The van der Waals surface area contributed by atoms with Gasteiger partial charge in [0.25, 0.3) is 5.69 Å². The van der Waals surface area contributed by atoms with Crippen molar-refractivity contribution in [2.75, 3.05) is 5.32 Å². The maximum absolute atomic E-state index is 10.8. The molecule has 23 heavy (non-hydrogen) atoms. The lowest BCUT2D eigenvalue weighted by molar-refractivity contribution is -0.384. The third-order valence-electron chi connectivity index (χ3n) is 4.79. The molecule has 1 N–H and O–H groups in total. The van der Waals surface area contributed by atoms with E-state index in [9.17, 15) is 10.1 Å². The number of nitro benzene ring substituents is 1. The van der Waals surface area contributed by atoms with Gasteiger partial charge < -0.3 is 5.32 Å². The minimum absolute atomic E-state index is 0.139. The van der Waals surface area contributed by atoms with Gasteiger partial charge in [-0.1, -0.05) is 24.3 Å². The summed E-state index contributed by atoms with van der Waals surface area (Å²) >= 11 is 2.35. The van der Waals surface area contributed by atoms with E-state index in [1.807, 2.05) is 12.1 Å². The predicted molar refractivity (Wildman–Crippen MR) is 98.6 cm³/mol. The van der Waals surface area contributed by atoms with E-state index < -0.39 is 0 Å². The van der Waals surface area contributed by atoms with Crippen LogP contribution in [-0.2, 0) is 0 Å². The first-order chi connectivity index (χ1) is 11.1. The molecule has 3 atom stereocenters. The number of fused-ring (bicyclic) bond motifs is 3. The fourth-order valence-electron chi connectivity index (χ4n) is 3.70. The first-order valence-electron chi connectivity index (χ1n) is 7.60. The Kier molecular flexibility index (Phi) is 3.60. The summed E-state index contributed by atoms with van der Waals surface area (Å²) in [5, 5.41) is 14.5. The van der Waals surface area contributed by atoms with Crippen LogP contribution in [0.2, 0.25) is 0 Å². The van der Waals surface area contributed by atoms with E-state index in [1.54, 1.807) is 12.1 Å². The Bertz CT molecular complexity index is 801. The fraction of sp³-hybridized carbons (Fsp3) is 0.222. The molecule has 5 heteroatoms. The van der Waals surface area contributed by atoms with Crippen molar-refractivity contribution < 1.29 is 4.92 Å². The van der Waals surface area contributed by atoms with Gasteiger partial charge in [-0.15, -0.1) is 0 Å². The zero-order valence-electron chi connectivity index (χ0n) is 12.3. The fourth-order valence-corrected chi connectivity index (χ4v) is 4.21. The first-order valence-corrected chi connectivity index (χ1v) is 8.68. The molecule has 3 unspecified atom stereocenters. The second-order valence-electron chi connectivity index (χ2n) is 6.06. The van der Waals surface area contributed by atoms with Crippen molar-refractivity contribution in [3.05, 3.63) is 79.4 Å². The zero-order valence-corrected chi connectivity index (χ0v) is 14.4. The first kappa shape index (κ1) is 14.7. The van der Waals surface area contributed by atoms with Gasteiger partial charge in [0, 0.05) is 27.3 Å². The van der Waals surface area contributed by atoms with Gasteiger partial charge in [0.05, 0.1) is 11.0 Å². The van der Waals surface area contributed by atoms with E-state index in [1.165, 1.54) is 14.8 Å². The maximum Gasteiger partial charge on any atom is 0.269 e. The summed E-state index contributed by atoms with van der Waals surface area (Å²) in [6, 6.07) is 13.6. The van der Waals surface area contributed by atoms with E-state index in [0.29, 0.717) is 11.8 Å². The van der Waals surface area contributed by atoms with Gasteiger partial charge in [0.2, 0.25) is 0 Å². The molecule has 1 heterocycles. The third kappa shape index (κ3) is 2.52. The highest BCUT2D eigenvalue weighted by Crippen LogP contribution is 2.50. The Morgan fingerprint density at radius 3 is 2.70 bits per heavy atom. The number of rotatable bonds is 2. The Labute approximate surface area is 147 Å². The van der Waals surface area contributed by atoms with E-state index in [-0.39, 0.29) is 16.7 Å². The topological polar surface area (TPSA) is 55.2 Å². The van der Waals surface area contributed by atoms with E-state index in [4.69, 9.17) is 0 Å². The number of non-ortho nitro benzene ring substituents is 1. The molecule has 4 rings (SSSR count). The molecule has 0 saturated carbocycles. The van der Waals surface area contributed by atoms with Crippen molar-refractivity contribution in [1.29, 1.82) is 0 Å². The highest BCUT2D eigenvalue weighted by molar-refractivity contribution is 14.1. The molecule has 0 radical (unpaired) electrons. The van der Waals surface area contributed by atoms with Gasteiger partial charge in [0.1, 0.15) is 0 Å². The van der Waals surface area contributed by atoms with Crippen molar-refractivity contribution in [2.45, 2.75) is 18.4 Å². The monoisotopic (exact) mass is 418 g/mol. The lowest BCUT2D eigenvalue weighted by Gasteiger charge is -2.37. The zero-order chi connectivity index (χ0) is 16.0. The molecule has 0 aromatic heterocycles. The van der Waals surface area contributed by atoms with E-state index in [0.717, 1.165) is 12.0 Å². The standard InChI is InChI=1S/C18H15IN2O2/c19-12-6-9-17-16(10-12)14-2-1-3-15(14)18(20-17)11-4-7-13(8-5-11)21(22)23/h1-2,4-10,14-15,18,20H,3H2. The number of anilines is 1. The van der Waals surface area contributed by atoms with Crippen molar-refractivity contribution in [3.63, 3.8) is 0 Å². The molecule has 0 amide bonds. The Morgan fingerprint density at radius 1 is 1.17 bits per heavy atom. The number of hydrogen-bond acceptors (Lipinski definition) is 3. The number of nitrogens with zero attached hydrogens (tertiary/aromatic N) is 1. The molecule has 2 aliphatic rings. The summed E-state index contributed by atoms with van der Waals surface area (Å²) in [6.07, 6.45) is 5.59. The average molecular weight is 418 g/mol. The quantitative estimate of drug-likeness (QED) is 0.322. The van der Waals surface area contributed by atoms with Gasteiger partial charge in [-0.05, 0) is 64.3 Å². The van der Waals surface area contributed by atoms with Crippen molar-refractivity contribution in [3.8, 4) is 0 Å². The maximum atomic E-state index is 10.8. The van der Waals surface area contributed by atoms with Crippen LogP contribution in [0.3, 0.4) is 0 Å². The second kappa shape index (κ2) is 5.63. The van der Waals surface area contributed by atoms with E-state index in [2.05, 4.69) is 58.3 Å². The third-order valence-corrected chi connectivity index (χ3v) is 5.46. The number of nitro groups is 1. The van der Waals surface area contributed by atoms with Gasteiger partial charge in [-0.3, -0.25) is 10.1 Å². The predicted octanol–water partition coefficient (Wildman–Crippen LogP) is 5.03. The molecular weight excluding hydrogens is 403 g/mol. The summed E-state index contributed by atoms with van der Waals surface area (Å²) in [4.78, 5) is 10.5. The number of nitrogens with one attached hydrogen (secondary N) is 1. The molecule has 0 spiro atoms. The van der Waals surface area contributed by atoms with Crippen LogP contribution in [0.15, 0.2) is 54.6 Å². The van der Waals surface area contributed by atoms with E-state index >= 15 is 0 Å². The van der Waals surface area contributed by atoms with Gasteiger partial charge >= 0.3 is 0 Å². The lowest BCUT2D eigenvalue weighted by atomic mass is 9.77. The van der Waals surface area contributed by atoms with Crippen LogP contribution in [0.1, 0.15) is 29.5 Å². The van der Waals surface area contributed by atoms with Crippen molar-refractivity contribution in [2.24, 2.45) is 5.92 Å². The number of benzene rings is 2. The lowest BCUT2D eigenvalue weighted by Crippen LogP contribution is -2.29. The molecule has 2 aromatic rings. The smallest absolute Gasteiger partial charge is 0.269 e. The van der Waals surface area contributed by atoms with Crippen LogP contribution in [0.4, 0.5) is 11.4 Å². The Morgan fingerprint density at radius 2 is 1.96 bits per heavy atom. The molecule has 0 bridgehead atoms. The van der Waals surface area contributed by atoms with Gasteiger partial charge in [0.15, 0.2) is 0 Å². The number of allylic oxidation sites excluding steroid dienone is 2. The van der Waals surface area contributed by atoms with Crippen LogP contribution in [-0.4, -0.2) is 4.92 Å². The average Bonchev–Trinajstić information content (AvgIpc) is 3.04. The van der Waals surface area contributed by atoms with Crippen LogP contribution in [0.5, 0.6) is 0 Å². The Hall–Kier alpha value is -1.89. The minimum Gasteiger partial charge on any atom is -0.378 e. The summed E-state index contributed by atoms with van der Waals surface area (Å²) in [6.45, 7) is 0. The van der Waals surface area contributed by atoms with Crippen LogP contribution >= 0.6 is 22.6 Å². The Balaban J connectivity index is 1.73. The number of halogens is 1. The summed E-state index contributed by atoms with van der Waals surface area (Å²) in [7, 11) is 0. The molecule has 0 saturated heterocycles. The SMILES string of the molecule is O=[N+]([O-])c1ccc(C2Nc3ccc(I)cc3C3C=CCC32)cc1. The summed E-state index contributed by atoms with van der Waals surface area (Å²) in [5.74, 6) is 0.878.